The van der Waals surface area contributed by atoms with Crippen LogP contribution in [0.1, 0.15) is 63.1 Å². The number of nitrogens with zero attached hydrogens (tertiary/aromatic N) is 1. The highest BCUT2D eigenvalue weighted by Gasteiger charge is 2.46. The van der Waals surface area contributed by atoms with Gasteiger partial charge in [-0.05, 0) is 62.1 Å². The quantitative estimate of drug-likeness (QED) is 0.418. The zero-order valence-corrected chi connectivity index (χ0v) is 21.8. The van der Waals surface area contributed by atoms with Crippen LogP contribution < -0.4 is 0 Å². The van der Waals surface area contributed by atoms with Gasteiger partial charge in [-0.2, -0.15) is 0 Å². The molecule has 35 heavy (non-hydrogen) atoms. The van der Waals surface area contributed by atoms with E-state index in [1.54, 1.807) is 36.9 Å². The number of benzene rings is 2. The molecule has 0 radical (unpaired) electrons. The molecule has 1 saturated heterocycles. The molecule has 3 rings (SSSR count). The third-order valence-electron chi connectivity index (χ3n) is 6.36. The molecule has 0 unspecified atom stereocenters. The van der Waals surface area contributed by atoms with E-state index in [2.05, 4.69) is 0 Å². The molecule has 8 heteroatoms. The van der Waals surface area contributed by atoms with Crippen LogP contribution in [0.4, 0.5) is 0 Å². The summed E-state index contributed by atoms with van der Waals surface area (Å²) in [5, 5.41) is 20.8. The van der Waals surface area contributed by atoms with Crippen LogP contribution in [0.2, 0.25) is 10.0 Å². The van der Waals surface area contributed by atoms with E-state index >= 15 is 0 Å². The Kier molecular flexibility index (Phi) is 9.22. The average Bonchev–Trinajstić information content (AvgIpc) is 2.78. The zero-order valence-electron chi connectivity index (χ0n) is 20.3. The van der Waals surface area contributed by atoms with E-state index in [0.717, 1.165) is 11.1 Å². The molecule has 2 N–H and O–H groups in total. The van der Waals surface area contributed by atoms with Crippen LogP contribution >= 0.6 is 23.2 Å². The summed E-state index contributed by atoms with van der Waals surface area (Å²) in [5.41, 5.74) is 0.842. The van der Waals surface area contributed by atoms with E-state index < -0.39 is 17.5 Å². The van der Waals surface area contributed by atoms with Crippen molar-refractivity contribution in [1.82, 2.24) is 4.90 Å². The van der Waals surface area contributed by atoms with Gasteiger partial charge in [-0.25, -0.2) is 0 Å². The van der Waals surface area contributed by atoms with Crippen LogP contribution in [0.3, 0.4) is 0 Å². The van der Waals surface area contributed by atoms with Gasteiger partial charge in [-0.15, -0.1) is 0 Å². The van der Waals surface area contributed by atoms with Crippen LogP contribution in [0.15, 0.2) is 48.5 Å². The lowest BCUT2D eigenvalue weighted by atomic mass is 9.74. The molecule has 1 fully saturated rings. The van der Waals surface area contributed by atoms with Crippen LogP contribution in [0.5, 0.6) is 0 Å². The van der Waals surface area contributed by atoms with Crippen LogP contribution in [-0.2, 0) is 14.3 Å². The van der Waals surface area contributed by atoms with Gasteiger partial charge in [-0.3, -0.25) is 9.59 Å². The van der Waals surface area contributed by atoms with Gasteiger partial charge in [0.2, 0.25) is 5.91 Å². The molecule has 0 spiro atoms. The van der Waals surface area contributed by atoms with Crippen molar-refractivity contribution in [2.75, 3.05) is 13.2 Å². The summed E-state index contributed by atoms with van der Waals surface area (Å²) in [6.45, 7) is 5.63. The van der Waals surface area contributed by atoms with Crippen LogP contribution in [0.25, 0.3) is 0 Å². The van der Waals surface area contributed by atoms with Crippen molar-refractivity contribution in [3.8, 4) is 0 Å². The Labute approximate surface area is 216 Å². The number of amides is 1. The minimum Gasteiger partial charge on any atom is -0.481 e. The fraction of sp³-hybridized carbons (Fsp3) is 0.481. The number of halogens is 2. The molecule has 6 nitrogen and oxygen atoms in total. The van der Waals surface area contributed by atoms with Gasteiger partial charge in [0.1, 0.15) is 0 Å². The Morgan fingerprint density at radius 3 is 2.40 bits per heavy atom. The molecule has 190 valence electrons. The molecule has 2 aromatic carbocycles. The molecule has 1 amide bonds. The monoisotopic (exact) mass is 521 g/mol. The van der Waals surface area contributed by atoms with Crippen molar-refractivity contribution in [1.29, 1.82) is 0 Å². The summed E-state index contributed by atoms with van der Waals surface area (Å²) in [4.78, 5) is 27.3. The summed E-state index contributed by atoms with van der Waals surface area (Å²) in [6.07, 6.45) is 0.737. The van der Waals surface area contributed by atoms with Gasteiger partial charge in [0, 0.05) is 21.9 Å². The SMILES string of the molecule is CC[C@@H](COCC(C)(C)O)N1C(=O)[C@@H](CC(=O)O)C[C@H](c2cccc(Cl)c2)[C@H]1c1ccc(Cl)cc1. The second-order valence-electron chi connectivity index (χ2n) is 9.82. The van der Waals surface area contributed by atoms with E-state index in [0.29, 0.717) is 22.9 Å². The van der Waals surface area contributed by atoms with Gasteiger partial charge in [-0.1, -0.05) is 54.4 Å². The average molecular weight is 522 g/mol. The van der Waals surface area contributed by atoms with E-state index in [4.69, 9.17) is 27.9 Å². The van der Waals surface area contributed by atoms with Crippen LogP contribution in [0, 0.1) is 5.92 Å². The highest BCUT2D eigenvalue weighted by Crippen LogP contribution is 2.47. The minimum absolute atomic E-state index is 0.118. The van der Waals surface area contributed by atoms with Crippen molar-refractivity contribution in [2.45, 2.75) is 63.6 Å². The number of carbonyl (C=O) groups excluding carboxylic acids is 1. The number of likely N-dealkylation sites (tertiary alicyclic amines) is 1. The zero-order chi connectivity index (χ0) is 25.8. The predicted octanol–water partition coefficient (Wildman–Crippen LogP) is 5.71. The standard InChI is InChI=1S/C27H33Cl2NO5/c1-4-22(15-35-16-27(2,3)34)30-25(17-8-10-20(28)11-9-17)23(18-6-5-7-21(29)12-18)13-19(26(30)33)14-24(31)32/h5-12,19,22-23,25,34H,4,13-16H2,1-3H3,(H,31,32)/t19-,22+,23-,25-/m1/s1. The van der Waals surface area contributed by atoms with Gasteiger partial charge in [0.05, 0.1) is 37.3 Å². The Morgan fingerprint density at radius 2 is 1.83 bits per heavy atom. The van der Waals surface area contributed by atoms with Crippen molar-refractivity contribution < 1.29 is 24.5 Å². The maximum Gasteiger partial charge on any atom is 0.304 e. The summed E-state index contributed by atoms with van der Waals surface area (Å²) in [6, 6.07) is 14.2. The molecule has 4 atom stereocenters. The minimum atomic E-state index is -1.01. The first kappa shape index (κ1) is 27.5. The molecule has 0 aliphatic carbocycles. The molecule has 2 aromatic rings. The summed E-state index contributed by atoms with van der Waals surface area (Å²) in [7, 11) is 0. The topological polar surface area (TPSA) is 87.1 Å². The summed E-state index contributed by atoms with van der Waals surface area (Å²) < 4.78 is 5.83. The summed E-state index contributed by atoms with van der Waals surface area (Å²) >= 11 is 12.5. The Bertz CT molecular complexity index is 1020. The van der Waals surface area contributed by atoms with Crippen molar-refractivity contribution in [3.63, 3.8) is 0 Å². The van der Waals surface area contributed by atoms with E-state index in [1.807, 2.05) is 37.3 Å². The van der Waals surface area contributed by atoms with Gasteiger partial charge < -0.3 is 19.8 Å². The third kappa shape index (κ3) is 7.20. The lowest BCUT2D eigenvalue weighted by Gasteiger charge is -2.48. The first-order valence-corrected chi connectivity index (χ1v) is 12.6. The normalized spacial score (nSPS) is 21.7. The van der Waals surface area contributed by atoms with E-state index in [9.17, 15) is 19.8 Å². The molecule has 1 aliphatic rings. The highest BCUT2D eigenvalue weighted by molar-refractivity contribution is 6.30. The first-order valence-electron chi connectivity index (χ1n) is 11.8. The lowest BCUT2D eigenvalue weighted by molar-refractivity contribution is -0.154. The summed E-state index contributed by atoms with van der Waals surface area (Å²) in [5.74, 6) is -2.07. The molecular weight excluding hydrogens is 489 g/mol. The molecule has 0 aromatic heterocycles. The largest absolute Gasteiger partial charge is 0.481 e. The second-order valence-corrected chi connectivity index (χ2v) is 10.7. The fourth-order valence-electron chi connectivity index (χ4n) is 4.81. The number of aliphatic carboxylic acids is 1. The van der Waals surface area contributed by atoms with E-state index in [-0.39, 0.29) is 43.5 Å². The molecule has 0 saturated carbocycles. The van der Waals surface area contributed by atoms with Crippen LogP contribution in [-0.4, -0.2) is 51.8 Å². The van der Waals surface area contributed by atoms with E-state index in [1.165, 1.54) is 0 Å². The molecule has 0 bridgehead atoms. The Balaban J connectivity index is 2.09. The number of rotatable bonds is 10. The fourth-order valence-corrected chi connectivity index (χ4v) is 5.14. The van der Waals surface area contributed by atoms with Gasteiger partial charge >= 0.3 is 5.97 Å². The lowest BCUT2D eigenvalue weighted by Crippen LogP contribution is -2.53. The first-order chi connectivity index (χ1) is 16.5. The maximum absolute atomic E-state index is 13.8. The highest BCUT2D eigenvalue weighted by atomic mass is 35.5. The number of carboxylic acid groups (broad SMARTS) is 1. The van der Waals surface area contributed by atoms with Crippen molar-refractivity contribution in [3.05, 3.63) is 69.7 Å². The smallest absolute Gasteiger partial charge is 0.304 e. The number of ether oxygens (including phenoxy) is 1. The van der Waals surface area contributed by atoms with Crippen molar-refractivity contribution >= 4 is 35.1 Å². The number of hydrogen-bond acceptors (Lipinski definition) is 4. The Hall–Kier alpha value is -2.12. The third-order valence-corrected chi connectivity index (χ3v) is 6.85. The molecular formula is C27H33Cl2NO5. The second kappa shape index (κ2) is 11.7. The number of hydrogen-bond donors (Lipinski definition) is 2. The number of piperidine rings is 1. The molecule has 1 heterocycles. The van der Waals surface area contributed by atoms with Gasteiger partial charge in [0.15, 0.2) is 0 Å². The number of carboxylic acids is 1. The van der Waals surface area contributed by atoms with Crippen molar-refractivity contribution in [2.24, 2.45) is 5.92 Å². The van der Waals surface area contributed by atoms with Gasteiger partial charge in [0.25, 0.3) is 0 Å². The number of carbonyl (C=O) groups is 2. The number of aliphatic hydroxyl groups is 1. The predicted molar refractivity (Wildman–Crippen MR) is 137 cm³/mol. The Morgan fingerprint density at radius 1 is 1.14 bits per heavy atom. The molecule has 1 aliphatic heterocycles. The maximum atomic E-state index is 13.8.